The summed E-state index contributed by atoms with van der Waals surface area (Å²) < 4.78 is 12.0. The summed E-state index contributed by atoms with van der Waals surface area (Å²) in [4.78, 5) is 0. The van der Waals surface area contributed by atoms with Crippen molar-refractivity contribution >= 4 is 10.9 Å². The SMILES string of the molecule is CCCC[S+](CCCCCCCCCCCCCCC1CCCCO1)C(CCC)C1CCCO1. The minimum absolute atomic E-state index is 0.589. The summed E-state index contributed by atoms with van der Waals surface area (Å²) in [6.07, 6.45) is 32.0. The zero-order chi connectivity index (χ0) is 24.1. The van der Waals surface area contributed by atoms with Crippen molar-refractivity contribution in [1.29, 1.82) is 0 Å². The van der Waals surface area contributed by atoms with Gasteiger partial charge in [-0.05, 0) is 75.1 Å². The summed E-state index contributed by atoms with van der Waals surface area (Å²) in [5.41, 5.74) is 0. The van der Waals surface area contributed by atoms with Crippen molar-refractivity contribution in [2.75, 3.05) is 24.7 Å². The Morgan fingerprint density at radius 3 is 1.79 bits per heavy atom. The molecule has 34 heavy (non-hydrogen) atoms. The van der Waals surface area contributed by atoms with Crippen LogP contribution < -0.4 is 0 Å². The van der Waals surface area contributed by atoms with Crippen molar-refractivity contribution in [3.63, 3.8) is 0 Å². The van der Waals surface area contributed by atoms with Crippen LogP contribution in [-0.2, 0) is 20.4 Å². The van der Waals surface area contributed by atoms with Gasteiger partial charge in [0.25, 0.3) is 0 Å². The van der Waals surface area contributed by atoms with E-state index in [1.165, 1.54) is 153 Å². The summed E-state index contributed by atoms with van der Waals surface area (Å²) in [5, 5.41) is 0.861. The molecule has 0 N–H and O–H groups in total. The van der Waals surface area contributed by atoms with E-state index in [1.807, 2.05) is 0 Å². The molecule has 4 unspecified atom stereocenters. The molecule has 2 aliphatic heterocycles. The van der Waals surface area contributed by atoms with E-state index >= 15 is 0 Å². The maximum atomic E-state index is 6.17. The van der Waals surface area contributed by atoms with Crippen molar-refractivity contribution in [2.24, 2.45) is 0 Å². The van der Waals surface area contributed by atoms with Crippen molar-refractivity contribution in [3.8, 4) is 0 Å². The molecule has 0 bridgehead atoms. The topological polar surface area (TPSA) is 18.5 Å². The Bertz CT molecular complexity index is 431. The standard InChI is InChI=1S/C31H61O2S/c1-3-5-27-34(31(21-4-2)30-24-20-26-33-30)28-19-15-13-11-9-7-6-8-10-12-14-16-22-29-23-17-18-25-32-29/h29-31H,3-28H2,1-2H3/q+1. The summed E-state index contributed by atoms with van der Waals surface area (Å²) in [5.74, 6) is 2.95. The third kappa shape index (κ3) is 14.1. The normalized spacial score (nSPS) is 22.8. The summed E-state index contributed by atoms with van der Waals surface area (Å²) in [6.45, 7) is 6.76. The first kappa shape index (κ1) is 30.5. The van der Waals surface area contributed by atoms with Crippen LogP contribution in [0.5, 0.6) is 0 Å². The molecule has 4 atom stereocenters. The molecule has 0 aliphatic carbocycles. The predicted octanol–water partition coefficient (Wildman–Crippen LogP) is 9.39. The number of ether oxygens (including phenoxy) is 2. The Kier molecular flexibility index (Phi) is 19.2. The Hall–Kier alpha value is 0.270. The van der Waals surface area contributed by atoms with Gasteiger partial charge in [0, 0.05) is 13.2 Å². The monoisotopic (exact) mass is 497 g/mol. The minimum atomic E-state index is 0.589. The van der Waals surface area contributed by atoms with Gasteiger partial charge in [-0.1, -0.05) is 90.9 Å². The lowest BCUT2D eigenvalue weighted by Crippen LogP contribution is -2.37. The van der Waals surface area contributed by atoms with Gasteiger partial charge >= 0.3 is 0 Å². The maximum absolute atomic E-state index is 6.17. The van der Waals surface area contributed by atoms with Crippen LogP contribution in [0.15, 0.2) is 0 Å². The summed E-state index contributed by atoms with van der Waals surface area (Å²) in [7, 11) is 0.599. The average Bonchev–Trinajstić information content (AvgIpc) is 3.40. The van der Waals surface area contributed by atoms with Crippen molar-refractivity contribution in [3.05, 3.63) is 0 Å². The van der Waals surface area contributed by atoms with Gasteiger partial charge < -0.3 is 9.47 Å². The zero-order valence-corrected chi connectivity index (χ0v) is 24.2. The second kappa shape index (κ2) is 21.4. The number of hydrogen-bond donors (Lipinski definition) is 0. The van der Waals surface area contributed by atoms with Crippen LogP contribution >= 0.6 is 0 Å². The molecule has 2 fully saturated rings. The van der Waals surface area contributed by atoms with Crippen LogP contribution in [0.1, 0.15) is 155 Å². The van der Waals surface area contributed by atoms with Gasteiger partial charge in [0.1, 0.15) is 22.9 Å². The largest absolute Gasteiger partial charge is 0.378 e. The Labute approximate surface area is 217 Å². The number of unbranched alkanes of at least 4 members (excludes halogenated alkanes) is 12. The van der Waals surface area contributed by atoms with Crippen LogP contribution in [-0.4, -0.2) is 42.2 Å². The zero-order valence-electron chi connectivity index (χ0n) is 23.3. The number of rotatable bonds is 22. The van der Waals surface area contributed by atoms with Crippen LogP contribution in [0.25, 0.3) is 0 Å². The molecule has 3 heteroatoms. The van der Waals surface area contributed by atoms with Crippen molar-refractivity contribution in [1.82, 2.24) is 0 Å². The molecule has 0 amide bonds. The third-order valence-electron chi connectivity index (χ3n) is 8.10. The van der Waals surface area contributed by atoms with Gasteiger partial charge in [-0.2, -0.15) is 0 Å². The fraction of sp³-hybridized carbons (Fsp3) is 1.00. The second-order valence-corrected chi connectivity index (χ2v) is 13.7. The molecule has 2 aliphatic rings. The molecule has 0 spiro atoms. The van der Waals surface area contributed by atoms with E-state index in [1.54, 1.807) is 0 Å². The second-order valence-electron chi connectivity index (χ2n) is 11.2. The highest BCUT2D eigenvalue weighted by atomic mass is 32.2. The van der Waals surface area contributed by atoms with Gasteiger partial charge in [0.2, 0.25) is 0 Å². The molecular weight excluding hydrogens is 436 g/mol. The van der Waals surface area contributed by atoms with Crippen molar-refractivity contribution in [2.45, 2.75) is 173 Å². The average molecular weight is 498 g/mol. The molecular formula is C31H61O2S+. The quantitative estimate of drug-likeness (QED) is 0.109. The lowest BCUT2D eigenvalue weighted by atomic mass is 10.0. The van der Waals surface area contributed by atoms with Gasteiger partial charge in [-0.3, -0.25) is 0 Å². The molecule has 0 aromatic carbocycles. The molecule has 0 radical (unpaired) electrons. The van der Waals surface area contributed by atoms with Gasteiger partial charge in [0.05, 0.1) is 6.10 Å². The van der Waals surface area contributed by atoms with E-state index in [9.17, 15) is 0 Å². The van der Waals surface area contributed by atoms with Crippen LogP contribution in [0, 0.1) is 0 Å². The first-order valence-corrected chi connectivity index (χ1v) is 17.4. The molecule has 202 valence electrons. The Balaban J connectivity index is 1.41. The first-order valence-electron chi connectivity index (χ1n) is 15.7. The maximum Gasteiger partial charge on any atom is 0.144 e. The minimum Gasteiger partial charge on any atom is -0.378 e. The predicted molar refractivity (Wildman–Crippen MR) is 153 cm³/mol. The van der Waals surface area contributed by atoms with Gasteiger partial charge in [-0.25, -0.2) is 0 Å². The van der Waals surface area contributed by atoms with Gasteiger partial charge in [0.15, 0.2) is 0 Å². The van der Waals surface area contributed by atoms with Crippen molar-refractivity contribution < 1.29 is 9.47 Å². The van der Waals surface area contributed by atoms with Crippen LogP contribution in [0.4, 0.5) is 0 Å². The smallest absolute Gasteiger partial charge is 0.144 e. The number of hydrogen-bond acceptors (Lipinski definition) is 2. The van der Waals surface area contributed by atoms with E-state index in [-0.39, 0.29) is 0 Å². The van der Waals surface area contributed by atoms with E-state index in [0.717, 1.165) is 18.5 Å². The molecule has 2 heterocycles. The summed E-state index contributed by atoms with van der Waals surface area (Å²) >= 11 is 0. The Morgan fingerprint density at radius 2 is 1.24 bits per heavy atom. The lowest BCUT2D eigenvalue weighted by molar-refractivity contribution is 0.00977. The fourth-order valence-corrected chi connectivity index (χ4v) is 9.20. The fourth-order valence-electron chi connectivity index (χ4n) is 5.94. The molecule has 2 rings (SSSR count). The molecule has 0 aromatic heterocycles. The highest BCUT2D eigenvalue weighted by Gasteiger charge is 2.38. The van der Waals surface area contributed by atoms with Gasteiger partial charge in [-0.15, -0.1) is 0 Å². The molecule has 0 aromatic rings. The summed E-state index contributed by atoms with van der Waals surface area (Å²) in [6, 6.07) is 0. The molecule has 2 saturated heterocycles. The molecule has 0 saturated carbocycles. The highest BCUT2D eigenvalue weighted by molar-refractivity contribution is 7.97. The highest BCUT2D eigenvalue weighted by Crippen LogP contribution is 2.28. The Morgan fingerprint density at radius 1 is 0.618 bits per heavy atom. The lowest BCUT2D eigenvalue weighted by Gasteiger charge is -2.24. The third-order valence-corrected chi connectivity index (χ3v) is 11.1. The first-order chi connectivity index (χ1) is 16.8. The van der Waals surface area contributed by atoms with E-state index in [0.29, 0.717) is 23.1 Å². The molecule has 2 nitrogen and oxygen atoms in total. The van der Waals surface area contributed by atoms with Crippen LogP contribution in [0.2, 0.25) is 0 Å². The van der Waals surface area contributed by atoms with Crippen LogP contribution in [0.3, 0.4) is 0 Å². The van der Waals surface area contributed by atoms with E-state index in [2.05, 4.69) is 13.8 Å². The van der Waals surface area contributed by atoms with E-state index < -0.39 is 0 Å². The van der Waals surface area contributed by atoms with E-state index in [4.69, 9.17) is 9.47 Å².